The summed E-state index contributed by atoms with van der Waals surface area (Å²) >= 11 is 0. The van der Waals surface area contributed by atoms with Gasteiger partial charge in [-0.3, -0.25) is 0 Å². The van der Waals surface area contributed by atoms with Crippen LogP contribution in [-0.2, 0) is 11.3 Å². The van der Waals surface area contributed by atoms with Crippen LogP contribution in [0.4, 0.5) is 0 Å². The van der Waals surface area contributed by atoms with E-state index in [9.17, 15) is 0 Å². The minimum atomic E-state index is 0.366. The standard InChI is InChI=1S/C14H21NO3/c1-16-9-10-6-7-11(12-5-4-8-15-12)14(18-3)13(10)17-2/h6-7,12,15H,4-5,8-9H2,1-3H3. The molecule has 0 bridgehead atoms. The van der Waals surface area contributed by atoms with Gasteiger partial charge in [0.1, 0.15) is 0 Å². The van der Waals surface area contributed by atoms with Crippen LogP contribution in [0.2, 0.25) is 0 Å². The lowest BCUT2D eigenvalue weighted by Crippen LogP contribution is -2.14. The fourth-order valence-electron chi connectivity index (χ4n) is 2.55. The van der Waals surface area contributed by atoms with Crippen molar-refractivity contribution < 1.29 is 14.2 Å². The maximum Gasteiger partial charge on any atom is 0.166 e. The Morgan fingerprint density at radius 2 is 1.94 bits per heavy atom. The Balaban J connectivity index is 2.40. The molecule has 0 aliphatic carbocycles. The van der Waals surface area contributed by atoms with Gasteiger partial charge in [0.15, 0.2) is 11.5 Å². The van der Waals surface area contributed by atoms with E-state index in [1.807, 2.05) is 0 Å². The molecule has 1 fully saturated rings. The molecule has 1 aliphatic rings. The van der Waals surface area contributed by atoms with Crippen LogP contribution in [0.15, 0.2) is 12.1 Å². The highest BCUT2D eigenvalue weighted by atomic mass is 16.5. The molecule has 1 heterocycles. The van der Waals surface area contributed by atoms with Crippen LogP contribution in [0.3, 0.4) is 0 Å². The van der Waals surface area contributed by atoms with Crippen LogP contribution in [0.5, 0.6) is 11.5 Å². The van der Waals surface area contributed by atoms with E-state index in [1.54, 1.807) is 21.3 Å². The lowest BCUT2D eigenvalue weighted by molar-refractivity contribution is 0.180. The van der Waals surface area contributed by atoms with Crippen molar-refractivity contribution in [1.82, 2.24) is 5.32 Å². The molecule has 4 nitrogen and oxygen atoms in total. The fourth-order valence-corrected chi connectivity index (χ4v) is 2.55. The van der Waals surface area contributed by atoms with Gasteiger partial charge in [0.2, 0.25) is 0 Å². The number of rotatable bonds is 5. The third kappa shape index (κ3) is 2.44. The molecular formula is C14H21NO3. The summed E-state index contributed by atoms with van der Waals surface area (Å²) in [5.41, 5.74) is 2.19. The Bertz CT molecular complexity index is 400. The van der Waals surface area contributed by atoms with Gasteiger partial charge in [0.25, 0.3) is 0 Å². The number of methoxy groups -OCH3 is 3. The molecule has 100 valence electrons. The largest absolute Gasteiger partial charge is 0.492 e. The van der Waals surface area contributed by atoms with E-state index in [1.165, 1.54) is 12.0 Å². The van der Waals surface area contributed by atoms with Gasteiger partial charge in [0.05, 0.1) is 20.8 Å². The third-order valence-corrected chi connectivity index (χ3v) is 3.37. The quantitative estimate of drug-likeness (QED) is 0.871. The van der Waals surface area contributed by atoms with Gasteiger partial charge in [-0.15, -0.1) is 0 Å². The van der Waals surface area contributed by atoms with Crippen LogP contribution < -0.4 is 14.8 Å². The van der Waals surface area contributed by atoms with Crippen LogP contribution in [-0.4, -0.2) is 27.9 Å². The first kappa shape index (κ1) is 13.2. The summed E-state index contributed by atoms with van der Waals surface area (Å²) in [4.78, 5) is 0. The molecule has 4 heteroatoms. The Morgan fingerprint density at radius 1 is 1.17 bits per heavy atom. The molecule has 0 saturated carbocycles. The number of hydrogen-bond donors (Lipinski definition) is 1. The lowest BCUT2D eigenvalue weighted by Gasteiger charge is -2.19. The summed E-state index contributed by atoms with van der Waals surface area (Å²) in [5, 5.41) is 3.48. The molecule has 1 saturated heterocycles. The summed E-state index contributed by atoms with van der Waals surface area (Å²) in [5.74, 6) is 1.61. The average molecular weight is 251 g/mol. The van der Waals surface area contributed by atoms with Crippen molar-refractivity contribution >= 4 is 0 Å². The molecule has 1 atom stereocenters. The molecule has 2 rings (SSSR count). The van der Waals surface area contributed by atoms with Gasteiger partial charge in [-0.2, -0.15) is 0 Å². The molecule has 0 amide bonds. The average Bonchev–Trinajstić information content (AvgIpc) is 2.92. The highest BCUT2D eigenvalue weighted by molar-refractivity contribution is 5.53. The summed E-state index contributed by atoms with van der Waals surface area (Å²) in [6.45, 7) is 1.59. The molecule has 1 aliphatic heterocycles. The minimum absolute atomic E-state index is 0.366. The van der Waals surface area contributed by atoms with E-state index >= 15 is 0 Å². The highest BCUT2D eigenvalue weighted by Gasteiger charge is 2.23. The molecule has 0 radical (unpaired) electrons. The Morgan fingerprint density at radius 3 is 2.50 bits per heavy atom. The van der Waals surface area contributed by atoms with Crippen LogP contribution >= 0.6 is 0 Å². The molecule has 0 spiro atoms. The Hall–Kier alpha value is -1.26. The topological polar surface area (TPSA) is 39.7 Å². The van der Waals surface area contributed by atoms with E-state index in [2.05, 4.69) is 17.4 Å². The summed E-state index contributed by atoms with van der Waals surface area (Å²) in [7, 11) is 5.04. The van der Waals surface area contributed by atoms with Gasteiger partial charge in [-0.1, -0.05) is 12.1 Å². The van der Waals surface area contributed by atoms with E-state index < -0.39 is 0 Å². The van der Waals surface area contributed by atoms with Gasteiger partial charge in [0, 0.05) is 24.3 Å². The number of nitrogens with one attached hydrogen (secondary N) is 1. The van der Waals surface area contributed by atoms with Gasteiger partial charge < -0.3 is 19.5 Å². The minimum Gasteiger partial charge on any atom is -0.492 e. The molecule has 1 aromatic rings. The number of benzene rings is 1. The van der Waals surface area contributed by atoms with Crippen molar-refractivity contribution in [2.24, 2.45) is 0 Å². The van der Waals surface area contributed by atoms with Gasteiger partial charge in [-0.25, -0.2) is 0 Å². The summed E-state index contributed by atoms with van der Waals surface area (Å²) in [6, 6.07) is 4.53. The van der Waals surface area contributed by atoms with Crippen molar-refractivity contribution in [1.29, 1.82) is 0 Å². The first-order valence-electron chi connectivity index (χ1n) is 6.28. The molecule has 1 N–H and O–H groups in total. The zero-order valence-electron chi connectivity index (χ0n) is 11.3. The van der Waals surface area contributed by atoms with Crippen molar-refractivity contribution in [3.63, 3.8) is 0 Å². The summed E-state index contributed by atoms with van der Waals surface area (Å²) in [6.07, 6.45) is 2.35. The smallest absolute Gasteiger partial charge is 0.166 e. The molecule has 0 aromatic heterocycles. The van der Waals surface area contributed by atoms with Gasteiger partial charge in [-0.05, 0) is 19.4 Å². The Kier molecular flexibility index (Phi) is 4.44. The van der Waals surface area contributed by atoms with E-state index in [-0.39, 0.29) is 0 Å². The predicted octanol–water partition coefficient (Wildman–Crippen LogP) is 2.27. The second-order valence-electron chi connectivity index (χ2n) is 4.46. The first-order chi connectivity index (χ1) is 8.81. The summed E-state index contributed by atoms with van der Waals surface area (Å²) < 4.78 is 16.2. The molecule has 1 unspecified atom stereocenters. The van der Waals surface area contributed by atoms with Crippen LogP contribution in [0, 0.1) is 0 Å². The number of ether oxygens (including phenoxy) is 3. The number of hydrogen-bond acceptors (Lipinski definition) is 4. The highest BCUT2D eigenvalue weighted by Crippen LogP contribution is 2.40. The molecule has 1 aromatic carbocycles. The van der Waals surface area contributed by atoms with Crippen molar-refractivity contribution in [3.8, 4) is 11.5 Å². The molecule has 18 heavy (non-hydrogen) atoms. The normalized spacial score (nSPS) is 18.9. The lowest BCUT2D eigenvalue weighted by atomic mass is 10.0. The van der Waals surface area contributed by atoms with Crippen molar-refractivity contribution in [2.45, 2.75) is 25.5 Å². The van der Waals surface area contributed by atoms with Gasteiger partial charge >= 0.3 is 0 Å². The predicted molar refractivity (Wildman–Crippen MR) is 70.2 cm³/mol. The van der Waals surface area contributed by atoms with E-state index in [0.29, 0.717) is 12.6 Å². The van der Waals surface area contributed by atoms with E-state index in [0.717, 1.165) is 30.0 Å². The third-order valence-electron chi connectivity index (χ3n) is 3.37. The van der Waals surface area contributed by atoms with Crippen molar-refractivity contribution in [2.75, 3.05) is 27.9 Å². The maximum atomic E-state index is 5.55. The molecular weight excluding hydrogens is 230 g/mol. The fraction of sp³-hybridized carbons (Fsp3) is 0.571. The zero-order valence-corrected chi connectivity index (χ0v) is 11.3. The van der Waals surface area contributed by atoms with Crippen LogP contribution in [0.25, 0.3) is 0 Å². The maximum absolute atomic E-state index is 5.55. The van der Waals surface area contributed by atoms with Crippen LogP contribution in [0.1, 0.15) is 30.0 Å². The Labute approximate surface area is 108 Å². The second kappa shape index (κ2) is 6.07. The SMILES string of the molecule is COCc1ccc(C2CCCN2)c(OC)c1OC. The second-order valence-corrected chi connectivity index (χ2v) is 4.46. The van der Waals surface area contributed by atoms with E-state index in [4.69, 9.17) is 14.2 Å². The zero-order chi connectivity index (χ0) is 13.0. The first-order valence-corrected chi connectivity index (χ1v) is 6.28. The monoisotopic (exact) mass is 251 g/mol. The van der Waals surface area contributed by atoms with Crippen molar-refractivity contribution in [3.05, 3.63) is 23.3 Å².